The SMILES string of the molecule is C=C(CC)c1cc2c(-c3c(Cl)cc(Cl)c4c3CCO4)nc(N)nc2s1.C=C(c1cc2c(-c3c(Cl)cc(Cl)c4c3CCO4)nc(N)nc2s1)N(C)CCC#N.C=C(c1cc2c(-c3c(Cl)cc(Cl)c4c3CCO4)nc(N)nc2s1)N(C)OC.CC(C)(O)CNC(=O)c1cc2c(-c3c(Cl)cc(Cl)c4c3CCO4)nc(N)nc2s1. The number of hydrogen-bond donors (Lipinski definition) is 6. The highest BCUT2D eigenvalue weighted by Crippen LogP contribution is 2.52. The summed E-state index contributed by atoms with van der Waals surface area (Å²) < 4.78 is 22.7. The van der Waals surface area contributed by atoms with Crippen molar-refractivity contribution in [3.05, 3.63) is 150 Å². The van der Waals surface area contributed by atoms with Crippen molar-refractivity contribution in [2.45, 2.75) is 64.9 Å². The second kappa shape index (κ2) is 32.7. The molecule has 4 aliphatic heterocycles. The maximum atomic E-state index is 12.5. The number of nitrogens with one attached hydrogen (secondary N) is 1. The molecule has 12 heterocycles. The van der Waals surface area contributed by atoms with Crippen molar-refractivity contribution >= 4 is 226 Å². The summed E-state index contributed by atoms with van der Waals surface area (Å²) in [4.78, 5) is 61.3. The van der Waals surface area contributed by atoms with Gasteiger partial charge in [-0.1, -0.05) is 119 Å². The number of hydroxylamine groups is 2. The Bertz CT molecular complexity index is 5840. The standard InChI is InChI=1S/C20H17Cl2N5OS.C19H18Cl2N4O3S.C18H16Cl2N4O2S.C18H15Cl2N3OS/c1-10(27(2)6-3-5-23)15-8-12-17(25-20(24)26-19(12)29-15)16-11-4-7-28-18(11)14(22)9-13(16)21;1-19(2,27)7-23-16(26)12-5-9-14(24-18(22)25-17(9)29-12)13-8-3-4-28-15(8)11(21)6-10(13)20;1-8(24(2)25-3)13-6-10-15(22-18(21)23-17(10)27-13)14-9-4-5-26-16(9)12(20)7-11(14)19;1-3-8(2)13-6-10-15(22-18(21)23-17(10)25-13)14-9-4-5-24-16(9)12(20)7-11(14)19/h8-9H,1,3-4,6-7H2,2H3,(H2,24,25,26);5-6,27H,3-4,7H2,1-2H3,(H,23,26)(H2,22,24,25);6-7H,1,4-5H2,2-3H3,(H2,21,22,23);6-7H,2-5H2,1H3,(H2,21,22,23). The topological polar surface area (TPSA) is 333 Å². The number of rotatable bonds is 16. The molecule has 0 saturated carbocycles. The van der Waals surface area contributed by atoms with Crippen LogP contribution in [0.2, 0.25) is 40.2 Å². The fourth-order valence-corrected chi connectivity index (χ4v) is 19.4. The molecule has 8 aromatic heterocycles. The van der Waals surface area contributed by atoms with Gasteiger partial charge in [0.15, 0.2) is 0 Å². The number of aliphatic hydroxyl groups is 1. The Hall–Kier alpha value is -8.54. The molecule has 4 aliphatic rings. The van der Waals surface area contributed by atoms with E-state index in [1.165, 1.54) is 34.0 Å². The lowest BCUT2D eigenvalue weighted by atomic mass is 10.00. The number of hydrogen-bond acceptors (Lipinski definition) is 26. The zero-order valence-corrected chi connectivity index (χ0v) is 68.8. The normalized spacial score (nSPS) is 13.0. The van der Waals surface area contributed by atoms with Gasteiger partial charge < -0.3 is 57.2 Å². The molecule has 0 fully saturated rings. The molecule has 0 spiro atoms. The van der Waals surface area contributed by atoms with E-state index in [0.717, 1.165) is 114 Å². The summed E-state index contributed by atoms with van der Waals surface area (Å²) in [7, 11) is 5.28. The predicted molar refractivity (Wildman–Crippen MR) is 450 cm³/mol. The van der Waals surface area contributed by atoms with Gasteiger partial charge in [0, 0.05) is 129 Å². The van der Waals surface area contributed by atoms with E-state index in [1.807, 2.05) is 24.1 Å². The number of halogens is 8. The van der Waals surface area contributed by atoms with E-state index < -0.39 is 5.60 Å². The van der Waals surface area contributed by atoms with Gasteiger partial charge in [0.05, 0.1) is 135 Å². The molecule has 35 heteroatoms. The number of aromatic nitrogens is 8. The van der Waals surface area contributed by atoms with Crippen LogP contribution in [0.4, 0.5) is 23.8 Å². The van der Waals surface area contributed by atoms with E-state index in [2.05, 4.69) is 84.0 Å². The molecule has 4 aromatic carbocycles. The van der Waals surface area contributed by atoms with Gasteiger partial charge in [-0.25, -0.2) is 39.9 Å². The average Bonchev–Trinajstić information content (AvgIpc) is 1.57. The van der Waals surface area contributed by atoms with E-state index in [9.17, 15) is 9.90 Å². The fraction of sp³-hybridized carbons (Fsp3) is 0.253. The maximum Gasteiger partial charge on any atom is 0.261 e. The largest absolute Gasteiger partial charge is 0.491 e. The lowest BCUT2D eigenvalue weighted by Gasteiger charge is -2.18. The van der Waals surface area contributed by atoms with Gasteiger partial charge in [-0.2, -0.15) is 5.26 Å². The Kier molecular flexibility index (Phi) is 23.6. The molecule has 0 aliphatic carbocycles. The molecule has 10 N–H and O–H groups in total. The number of nitrogens with zero attached hydrogens (tertiary/aromatic N) is 11. The molecular formula is C75H66Cl8N16O7S4. The van der Waals surface area contributed by atoms with Crippen LogP contribution in [0.25, 0.3) is 103 Å². The first kappa shape index (κ1) is 79.5. The molecule has 0 saturated heterocycles. The summed E-state index contributed by atoms with van der Waals surface area (Å²) in [5.74, 6) is 2.91. The van der Waals surface area contributed by atoms with Crippen molar-refractivity contribution in [1.82, 2.24) is 55.2 Å². The minimum Gasteiger partial charge on any atom is -0.491 e. The summed E-state index contributed by atoms with van der Waals surface area (Å²) in [5, 5.41) is 30.1. The lowest BCUT2D eigenvalue weighted by molar-refractivity contribution is -0.0521. The second-order valence-electron chi connectivity index (χ2n) is 25.9. The number of thiophene rings is 4. The van der Waals surface area contributed by atoms with Gasteiger partial charge in [-0.3, -0.25) is 14.7 Å². The Balaban J connectivity index is 0.000000129. The van der Waals surface area contributed by atoms with E-state index in [1.54, 1.807) is 74.7 Å². The van der Waals surface area contributed by atoms with Crippen LogP contribution in [0, 0.1) is 11.3 Å². The van der Waals surface area contributed by atoms with Crippen LogP contribution in [0.5, 0.6) is 23.0 Å². The first-order chi connectivity index (χ1) is 52.4. The highest BCUT2D eigenvalue weighted by molar-refractivity contribution is 7.21. The summed E-state index contributed by atoms with van der Waals surface area (Å²) in [6.07, 6.45) is 4.05. The fourth-order valence-electron chi connectivity index (χ4n) is 12.7. The second-order valence-corrected chi connectivity index (χ2v) is 33.3. The van der Waals surface area contributed by atoms with Crippen LogP contribution < -0.4 is 47.2 Å². The number of amides is 1. The predicted octanol–water partition coefficient (Wildman–Crippen LogP) is 18.9. The van der Waals surface area contributed by atoms with Gasteiger partial charge >= 0.3 is 0 Å². The monoisotopic (exact) mass is 1710 g/mol. The number of nitrogens with two attached hydrogens (primary N) is 4. The van der Waals surface area contributed by atoms with E-state index in [-0.39, 0.29) is 36.2 Å². The highest BCUT2D eigenvalue weighted by Gasteiger charge is 2.33. The van der Waals surface area contributed by atoms with Crippen LogP contribution >= 0.6 is 138 Å². The van der Waals surface area contributed by atoms with Crippen molar-refractivity contribution in [3.8, 4) is 74.1 Å². The van der Waals surface area contributed by atoms with Crippen molar-refractivity contribution in [3.63, 3.8) is 0 Å². The molecule has 16 rings (SSSR count). The molecule has 568 valence electrons. The Labute approximate surface area is 686 Å². The number of anilines is 4. The number of nitrogen functional groups attached to an aromatic ring is 4. The van der Waals surface area contributed by atoms with Crippen LogP contribution in [-0.2, 0) is 30.5 Å². The number of carbonyl (C=O) groups is 1. The summed E-state index contributed by atoms with van der Waals surface area (Å²) in [6, 6.07) is 16.6. The minimum atomic E-state index is -1.01. The third kappa shape index (κ3) is 16.0. The van der Waals surface area contributed by atoms with Crippen LogP contribution in [0.1, 0.15) is 80.2 Å². The Morgan fingerprint density at radius 2 is 0.836 bits per heavy atom. The van der Waals surface area contributed by atoms with E-state index in [0.29, 0.717) is 165 Å². The minimum absolute atomic E-state index is 0.0801. The van der Waals surface area contributed by atoms with Crippen LogP contribution in [0.15, 0.2) is 68.3 Å². The molecule has 1 amide bonds. The highest BCUT2D eigenvalue weighted by atomic mass is 35.5. The molecule has 110 heavy (non-hydrogen) atoms. The molecule has 0 unspecified atom stereocenters. The first-order valence-corrected chi connectivity index (χ1v) is 40.0. The summed E-state index contributed by atoms with van der Waals surface area (Å²) >= 11 is 57.0. The first-order valence-electron chi connectivity index (χ1n) is 33.7. The van der Waals surface area contributed by atoms with Crippen LogP contribution in [-0.4, -0.2) is 127 Å². The molecule has 12 aromatic rings. The summed E-state index contributed by atoms with van der Waals surface area (Å²) in [5.41, 5.74) is 34.8. The average molecular weight is 1720 g/mol. The number of benzene rings is 4. The van der Waals surface area contributed by atoms with Crippen molar-refractivity contribution in [1.29, 1.82) is 5.26 Å². The zero-order chi connectivity index (χ0) is 78.6. The van der Waals surface area contributed by atoms with E-state index >= 15 is 0 Å². The van der Waals surface area contributed by atoms with Gasteiger partial charge in [0.2, 0.25) is 23.8 Å². The van der Waals surface area contributed by atoms with E-state index in [4.69, 9.17) is 145 Å². The zero-order valence-electron chi connectivity index (χ0n) is 59.5. The smallest absolute Gasteiger partial charge is 0.261 e. The van der Waals surface area contributed by atoms with Crippen molar-refractivity contribution < 1.29 is 33.7 Å². The number of nitriles is 1. The summed E-state index contributed by atoms with van der Waals surface area (Å²) in [6.45, 7) is 20.6. The Morgan fingerprint density at radius 3 is 1.15 bits per heavy atom. The van der Waals surface area contributed by atoms with Crippen molar-refractivity contribution in [2.75, 3.05) is 83.7 Å². The molecular weight excluding hydrogens is 1650 g/mol. The number of carbonyl (C=O) groups excluding carboxylic acids is 1. The molecule has 23 nitrogen and oxygen atoms in total. The Morgan fingerprint density at radius 1 is 0.527 bits per heavy atom. The van der Waals surface area contributed by atoms with Gasteiger partial charge in [0.25, 0.3) is 5.91 Å². The van der Waals surface area contributed by atoms with Crippen molar-refractivity contribution in [2.24, 2.45) is 0 Å². The van der Waals surface area contributed by atoms with Gasteiger partial charge in [-0.15, -0.1) is 45.3 Å². The third-order valence-corrected chi connectivity index (χ3v) is 24.7. The number of allylic oxidation sites excluding steroid dienone is 1. The van der Waals surface area contributed by atoms with Gasteiger partial charge in [-0.05, 0) is 74.4 Å². The number of fused-ring (bicyclic) bond motifs is 8. The molecule has 0 atom stereocenters. The number of ether oxygens (including phenoxy) is 4. The molecule has 0 bridgehead atoms. The molecule has 0 radical (unpaired) electrons. The van der Waals surface area contributed by atoms with Crippen LogP contribution in [0.3, 0.4) is 0 Å². The quantitative estimate of drug-likeness (QED) is 0.0489. The maximum absolute atomic E-state index is 12.5. The lowest BCUT2D eigenvalue weighted by Crippen LogP contribution is -2.37. The van der Waals surface area contributed by atoms with Gasteiger partial charge in [0.1, 0.15) is 42.3 Å². The third-order valence-electron chi connectivity index (χ3n) is 18.0.